The van der Waals surface area contributed by atoms with Gasteiger partial charge in [0.15, 0.2) is 0 Å². The molecule has 0 atom stereocenters. The van der Waals surface area contributed by atoms with Gasteiger partial charge in [-0.15, -0.1) is 0 Å². The number of rotatable bonds is 6. The Morgan fingerprint density at radius 3 is 2.39 bits per heavy atom. The molecule has 6 nitrogen and oxygen atoms in total. The van der Waals surface area contributed by atoms with Crippen molar-refractivity contribution < 1.29 is 0 Å². The molecule has 0 saturated carbocycles. The lowest BCUT2D eigenvalue weighted by Crippen LogP contribution is -2.38. The van der Waals surface area contributed by atoms with Crippen LogP contribution in [0.5, 0.6) is 0 Å². The molecule has 0 spiro atoms. The maximum atomic E-state index is 12.5. The summed E-state index contributed by atoms with van der Waals surface area (Å²) < 4.78 is 1.36. The molecule has 0 unspecified atom stereocenters. The van der Waals surface area contributed by atoms with Gasteiger partial charge in [-0.25, -0.2) is 4.79 Å². The van der Waals surface area contributed by atoms with E-state index in [0.717, 1.165) is 11.1 Å². The predicted molar refractivity (Wildman–Crippen MR) is 114 cm³/mol. The van der Waals surface area contributed by atoms with Gasteiger partial charge >= 0.3 is 5.69 Å². The van der Waals surface area contributed by atoms with Crippen LogP contribution in [0.1, 0.15) is 18.1 Å². The van der Waals surface area contributed by atoms with Crippen LogP contribution in [0.2, 0.25) is 10.0 Å². The molecule has 146 valence electrons. The molecule has 0 radical (unpaired) electrons. The Balaban J connectivity index is 2.01. The van der Waals surface area contributed by atoms with E-state index in [1.54, 1.807) is 17.0 Å². The number of hydrogen-bond donors (Lipinski definition) is 2. The van der Waals surface area contributed by atoms with Gasteiger partial charge in [0, 0.05) is 13.1 Å². The van der Waals surface area contributed by atoms with E-state index in [0.29, 0.717) is 23.1 Å². The van der Waals surface area contributed by atoms with Gasteiger partial charge in [0.2, 0.25) is 0 Å². The molecule has 1 aromatic heterocycles. The molecule has 0 saturated heterocycles. The Labute approximate surface area is 172 Å². The van der Waals surface area contributed by atoms with Gasteiger partial charge in [-0.05, 0) is 30.2 Å². The summed E-state index contributed by atoms with van der Waals surface area (Å²) in [6.07, 6.45) is 0. The number of H-pyrrole nitrogens is 1. The fourth-order valence-electron chi connectivity index (χ4n) is 3.01. The molecule has 0 aliphatic heterocycles. The van der Waals surface area contributed by atoms with Gasteiger partial charge in [0.25, 0.3) is 5.56 Å². The largest absolute Gasteiger partial charge is 0.383 e. The first-order valence-corrected chi connectivity index (χ1v) is 9.51. The second kappa shape index (κ2) is 8.54. The Morgan fingerprint density at radius 1 is 1.04 bits per heavy atom. The second-order valence-corrected chi connectivity index (χ2v) is 7.14. The quantitative estimate of drug-likeness (QED) is 0.641. The number of nitrogens with two attached hydrogens (primary N) is 1. The third-order valence-corrected chi connectivity index (χ3v) is 5.19. The van der Waals surface area contributed by atoms with Crippen LogP contribution < -0.4 is 21.9 Å². The first kappa shape index (κ1) is 20.0. The van der Waals surface area contributed by atoms with Crippen molar-refractivity contribution in [2.45, 2.75) is 20.0 Å². The van der Waals surface area contributed by atoms with Crippen LogP contribution >= 0.6 is 23.2 Å². The smallest absolute Gasteiger partial charge is 0.330 e. The summed E-state index contributed by atoms with van der Waals surface area (Å²) in [6.45, 7) is 3.07. The van der Waals surface area contributed by atoms with Gasteiger partial charge in [-0.2, -0.15) is 0 Å². The predicted octanol–water partition coefficient (Wildman–Crippen LogP) is 3.50. The zero-order valence-electron chi connectivity index (χ0n) is 15.3. The average molecular weight is 419 g/mol. The summed E-state index contributed by atoms with van der Waals surface area (Å²) in [4.78, 5) is 29.1. The number of anilines is 2. The minimum Gasteiger partial charge on any atom is -0.383 e. The molecule has 0 aliphatic carbocycles. The number of nitrogen functional groups attached to an aromatic ring is 1. The molecule has 0 bridgehead atoms. The van der Waals surface area contributed by atoms with Crippen LogP contribution in [-0.4, -0.2) is 16.1 Å². The van der Waals surface area contributed by atoms with Crippen LogP contribution in [-0.2, 0) is 13.1 Å². The molecular formula is C20H20Cl2N4O2. The number of aromatic amines is 1. The average Bonchev–Trinajstić information content (AvgIpc) is 2.67. The standard InChI is InChI=1S/C20H20Cl2N4O2/c1-2-25(11-14-8-9-15(21)16(22)10-14)17-18(23)26(20(28)24-19(17)27)12-13-6-4-3-5-7-13/h3-10H,2,11-12,23H2,1H3,(H,24,27,28). The Bertz CT molecular complexity index is 1090. The van der Waals surface area contributed by atoms with Crippen molar-refractivity contribution >= 4 is 34.7 Å². The highest BCUT2D eigenvalue weighted by Crippen LogP contribution is 2.25. The van der Waals surface area contributed by atoms with Crippen molar-refractivity contribution in [2.24, 2.45) is 0 Å². The van der Waals surface area contributed by atoms with E-state index < -0.39 is 11.2 Å². The number of nitrogens with one attached hydrogen (secondary N) is 1. The van der Waals surface area contributed by atoms with Gasteiger partial charge in [-0.1, -0.05) is 59.6 Å². The van der Waals surface area contributed by atoms with E-state index in [9.17, 15) is 9.59 Å². The van der Waals surface area contributed by atoms with Gasteiger partial charge < -0.3 is 10.6 Å². The van der Waals surface area contributed by atoms with E-state index in [1.165, 1.54) is 4.57 Å². The van der Waals surface area contributed by atoms with Crippen molar-refractivity contribution in [3.63, 3.8) is 0 Å². The molecule has 8 heteroatoms. The van der Waals surface area contributed by atoms with Crippen molar-refractivity contribution in [3.8, 4) is 0 Å². The maximum absolute atomic E-state index is 12.5. The summed E-state index contributed by atoms with van der Waals surface area (Å²) in [5.41, 5.74) is 7.24. The first-order valence-electron chi connectivity index (χ1n) is 8.76. The van der Waals surface area contributed by atoms with E-state index >= 15 is 0 Å². The summed E-state index contributed by atoms with van der Waals surface area (Å²) in [6, 6.07) is 14.7. The fraction of sp³-hybridized carbons (Fsp3) is 0.200. The van der Waals surface area contributed by atoms with Crippen molar-refractivity contribution in [1.82, 2.24) is 9.55 Å². The maximum Gasteiger partial charge on any atom is 0.330 e. The van der Waals surface area contributed by atoms with Crippen LogP contribution in [0, 0.1) is 0 Å². The summed E-state index contributed by atoms with van der Waals surface area (Å²) in [5.74, 6) is 0.125. The minimum absolute atomic E-state index is 0.125. The topological polar surface area (TPSA) is 84.1 Å². The van der Waals surface area contributed by atoms with E-state index in [1.807, 2.05) is 43.3 Å². The van der Waals surface area contributed by atoms with E-state index in [2.05, 4.69) is 4.98 Å². The molecule has 3 N–H and O–H groups in total. The number of nitrogens with zero attached hydrogens (tertiary/aromatic N) is 2. The Hall–Kier alpha value is -2.70. The van der Waals surface area contributed by atoms with Crippen LogP contribution in [0.15, 0.2) is 58.1 Å². The van der Waals surface area contributed by atoms with Gasteiger partial charge in [-0.3, -0.25) is 14.3 Å². The van der Waals surface area contributed by atoms with E-state index in [4.69, 9.17) is 28.9 Å². The summed E-state index contributed by atoms with van der Waals surface area (Å²) in [7, 11) is 0. The van der Waals surface area contributed by atoms with Crippen LogP contribution in [0.3, 0.4) is 0 Å². The normalized spacial score (nSPS) is 10.8. The number of aromatic nitrogens is 2. The molecule has 28 heavy (non-hydrogen) atoms. The lowest BCUT2D eigenvalue weighted by molar-refractivity contribution is 0.718. The van der Waals surface area contributed by atoms with E-state index in [-0.39, 0.29) is 18.1 Å². The Kier molecular flexibility index (Phi) is 6.11. The zero-order chi connectivity index (χ0) is 20.3. The minimum atomic E-state index is -0.541. The second-order valence-electron chi connectivity index (χ2n) is 6.33. The lowest BCUT2D eigenvalue weighted by Gasteiger charge is -2.25. The molecular weight excluding hydrogens is 399 g/mol. The van der Waals surface area contributed by atoms with Crippen LogP contribution in [0.25, 0.3) is 0 Å². The zero-order valence-corrected chi connectivity index (χ0v) is 16.8. The molecule has 3 rings (SSSR count). The molecule has 0 amide bonds. The lowest BCUT2D eigenvalue weighted by atomic mass is 10.2. The van der Waals surface area contributed by atoms with Crippen molar-refractivity contribution in [3.05, 3.63) is 90.5 Å². The number of hydrogen-bond acceptors (Lipinski definition) is 4. The molecule has 0 fully saturated rings. The Morgan fingerprint density at radius 2 is 1.75 bits per heavy atom. The number of benzene rings is 2. The van der Waals surface area contributed by atoms with Gasteiger partial charge in [0.05, 0.1) is 16.6 Å². The highest BCUT2D eigenvalue weighted by molar-refractivity contribution is 6.42. The molecule has 1 heterocycles. The highest BCUT2D eigenvalue weighted by Gasteiger charge is 2.18. The van der Waals surface area contributed by atoms with Gasteiger partial charge in [0.1, 0.15) is 11.5 Å². The first-order chi connectivity index (χ1) is 13.4. The van der Waals surface area contributed by atoms with Crippen molar-refractivity contribution in [1.29, 1.82) is 0 Å². The number of halogens is 2. The molecule has 2 aromatic carbocycles. The highest BCUT2D eigenvalue weighted by atomic mass is 35.5. The SMILES string of the molecule is CCN(Cc1ccc(Cl)c(Cl)c1)c1c(N)n(Cc2ccccc2)c(=O)[nH]c1=O. The fourth-order valence-corrected chi connectivity index (χ4v) is 3.33. The van der Waals surface area contributed by atoms with Crippen molar-refractivity contribution in [2.75, 3.05) is 17.2 Å². The van der Waals surface area contributed by atoms with Crippen LogP contribution in [0.4, 0.5) is 11.5 Å². The molecule has 3 aromatic rings. The summed E-state index contributed by atoms with van der Waals surface area (Å²) >= 11 is 12.1. The molecule has 0 aliphatic rings. The monoisotopic (exact) mass is 418 g/mol. The third-order valence-electron chi connectivity index (χ3n) is 4.45. The summed E-state index contributed by atoms with van der Waals surface area (Å²) in [5, 5.41) is 0.897. The third kappa shape index (κ3) is 4.24.